The molecule has 0 fully saturated rings. The fraction of sp³-hybridized carbons (Fsp3) is 0.312. The molecule has 0 saturated carbocycles. The Balaban J connectivity index is 1.91. The summed E-state index contributed by atoms with van der Waals surface area (Å²) >= 11 is 7.15. The highest BCUT2D eigenvalue weighted by atomic mass is 35.5. The number of benzene rings is 1. The Bertz CT molecular complexity index is 921. The third kappa shape index (κ3) is 3.88. The molecule has 26 heavy (non-hydrogen) atoms. The van der Waals surface area contributed by atoms with Crippen LogP contribution in [0, 0.1) is 5.82 Å². The molecular weight excluding hydrogens is 379 g/mol. The van der Waals surface area contributed by atoms with Crippen molar-refractivity contribution in [2.75, 3.05) is 4.90 Å². The summed E-state index contributed by atoms with van der Waals surface area (Å²) in [6.07, 6.45) is 1.50. The van der Waals surface area contributed by atoms with Crippen molar-refractivity contribution in [1.29, 1.82) is 0 Å². The Kier molecular flexibility index (Phi) is 5.01. The Morgan fingerprint density at radius 2 is 2.15 bits per heavy atom. The molecule has 1 aromatic carbocycles. The van der Waals surface area contributed by atoms with Crippen molar-refractivity contribution in [2.45, 2.75) is 32.7 Å². The number of thiazole rings is 1. The van der Waals surface area contributed by atoms with Gasteiger partial charge in [0.1, 0.15) is 5.82 Å². The highest BCUT2D eigenvalue weighted by molar-refractivity contribution is 7.13. The van der Waals surface area contributed by atoms with E-state index in [1.165, 1.54) is 39.2 Å². The van der Waals surface area contributed by atoms with Crippen LogP contribution in [0.15, 0.2) is 29.8 Å². The lowest BCUT2D eigenvalue weighted by Crippen LogP contribution is -2.28. The van der Waals surface area contributed by atoms with Gasteiger partial charge in [0.25, 0.3) is 0 Å². The molecule has 10 heteroatoms. The molecule has 7 nitrogen and oxygen atoms in total. The van der Waals surface area contributed by atoms with Crippen LogP contribution in [0.1, 0.15) is 26.6 Å². The van der Waals surface area contributed by atoms with Gasteiger partial charge in [-0.15, -0.1) is 21.5 Å². The smallest absolute Gasteiger partial charge is 0.241 e. The molecular formula is C16H16ClFN6OS. The van der Waals surface area contributed by atoms with Crippen molar-refractivity contribution in [3.05, 3.63) is 46.4 Å². The molecule has 1 amide bonds. The van der Waals surface area contributed by atoms with Gasteiger partial charge in [-0.2, -0.15) is 4.80 Å². The van der Waals surface area contributed by atoms with E-state index in [4.69, 9.17) is 11.6 Å². The van der Waals surface area contributed by atoms with Crippen molar-refractivity contribution in [2.24, 2.45) is 0 Å². The van der Waals surface area contributed by atoms with Gasteiger partial charge in [-0.05, 0) is 44.2 Å². The van der Waals surface area contributed by atoms with E-state index in [9.17, 15) is 9.18 Å². The minimum atomic E-state index is -0.559. The third-order valence-corrected chi connectivity index (χ3v) is 4.43. The predicted octanol–water partition coefficient (Wildman–Crippen LogP) is 3.58. The molecule has 2 aromatic heterocycles. The standard InChI is InChI=1S/C16H16ClFN6OS/c1-16(2,3)24-21-13(20-22-24)9-14(25)23(15-19-6-7-26-15)10-4-5-12(18)11(17)8-10/h4-8H,9H2,1-3H3. The lowest BCUT2D eigenvalue weighted by Gasteiger charge is -2.20. The van der Waals surface area contributed by atoms with E-state index in [2.05, 4.69) is 20.4 Å². The fourth-order valence-electron chi connectivity index (χ4n) is 2.12. The average molecular weight is 395 g/mol. The molecule has 0 aliphatic heterocycles. The molecule has 0 unspecified atom stereocenters. The summed E-state index contributed by atoms with van der Waals surface area (Å²) in [6.45, 7) is 5.80. The highest BCUT2D eigenvalue weighted by Gasteiger charge is 2.24. The maximum absolute atomic E-state index is 13.5. The molecule has 3 rings (SSSR count). The first kappa shape index (κ1) is 18.4. The second-order valence-corrected chi connectivity index (χ2v) is 7.77. The van der Waals surface area contributed by atoms with E-state index in [0.717, 1.165) is 0 Å². The number of nitrogens with zero attached hydrogens (tertiary/aromatic N) is 6. The average Bonchev–Trinajstić information content (AvgIpc) is 3.22. The van der Waals surface area contributed by atoms with Crippen LogP contribution in [0.4, 0.5) is 15.2 Å². The molecule has 3 aromatic rings. The van der Waals surface area contributed by atoms with E-state index in [1.807, 2.05) is 20.8 Å². The number of aromatic nitrogens is 5. The van der Waals surface area contributed by atoms with Crippen LogP contribution in [-0.4, -0.2) is 31.1 Å². The number of amides is 1. The Labute approximate surface area is 158 Å². The summed E-state index contributed by atoms with van der Waals surface area (Å²) in [5.74, 6) is -0.590. The minimum absolute atomic E-state index is 0.0753. The van der Waals surface area contributed by atoms with Crippen LogP contribution >= 0.6 is 22.9 Å². The zero-order valence-corrected chi connectivity index (χ0v) is 15.9. The largest absolute Gasteiger partial charge is 0.274 e. The second kappa shape index (κ2) is 7.08. The van der Waals surface area contributed by atoms with Gasteiger partial charge in [-0.3, -0.25) is 9.69 Å². The van der Waals surface area contributed by atoms with Crippen molar-refractivity contribution in [3.8, 4) is 0 Å². The van der Waals surface area contributed by atoms with Crippen LogP contribution in [0.3, 0.4) is 0 Å². The van der Waals surface area contributed by atoms with Gasteiger partial charge in [0.15, 0.2) is 11.0 Å². The van der Waals surface area contributed by atoms with Crippen molar-refractivity contribution < 1.29 is 9.18 Å². The van der Waals surface area contributed by atoms with Crippen LogP contribution in [-0.2, 0) is 16.8 Å². The molecule has 0 aliphatic rings. The number of halogens is 2. The third-order valence-electron chi connectivity index (χ3n) is 3.39. The van der Waals surface area contributed by atoms with Crippen LogP contribution in [0.5, 0.6) is 0 Å². The topological polar surface area (TPSA) is 76.8 Å². The molecule has 0 radical (unpaired) electrons. The number of hydrogen-bond donors (Lipinski definition) is 0. The first-order valence-electron chi connectivity index (χ1n) is 7.72. The molecule has 0 N–H and O–H groups in total. The second-order valence-electron chi connectivity index (χ2n) is 6.48. The van der Waals surface area contributed by atoms with E-state index in [-0.39, 0.29) is 22.9 Å². The van der Waals surface area contributed by atoms with E-state index in [0.29, 0.717) is 16.6 Å². The van der Waals surface area contributed by atoms with Crippen molar-refractivity contribution in [3.63, 3.8) is 0 Å². The number of carbonyl (C=O) groups excluding carboxylic acids is 1. The number of tetrazole rings is 1. The normalized spacial score (nSPS) is 11.6. The Morgan fingerprint density at radius 3 is 2.73 bits per heavy atom. The fourth-order valence-corrected chi connectivity index (χ4v) is 2.98. The molecule has 0 aliphatic carbocycles. The van der Waals surface area contributed by atoms with Crippen molar-refractivity contribution in [1.82, 2.24) is 25.2 Å². The van der Waals surface area contributed by atoms with Crippen LogP contribution < -0.4 is 4.90 Å². The quantitative estimate of drug-likeness (QED) is 0.675. The zero-order chi connectivity index (χ0) is 18.9. The minimum Gasteiger partial charge on any atom is -0.274 e. The summed E-state index contributed by atoms with van der Waals surface area (Å²) in [6, 6.07) is 4.06. The summed E-state index contributed by atoms with van der Waals surface area (Å²) < 4.78 is 13.5. The summed E-state index contributed by atoms with van der Waals surface area (Å²) in [5, 5.41) is 14.3. The predicted molar refractivity (Wildman–Crippen MR) is 97.2 cm³/mol. The lowest BCUT2D eigenvalue weighted by atomic mass is 10.1. The van der Waals surface area contributed by atoms with Gasteiger partial charge in [0, 0.05) is 11.6 Å². The zero-order valence-electron chi connectivity index (χ0n) is 14.3. The number of carbonyl (C=O) groups is 1. The summed E-state index contributed by atoms with van der Waals surface area (Å²) in [4.78, 5) is 19.9. The number of anilines is 2. The molecule has 0 saturated heterocycles. The molecule has 0 spiro atoms. The van der Waals surface area contributed by atoms with Crippen LogP contribution in [0.2, 0.25) is 5.02 Å². The first-order valence-corrected chi connectivity index (χ1v) is 8.98. The summed E-state index contributed by atoms with van der Waals surface area (Å²) in [7, 11) is 0. The van der Waals surface area contributed by atoms with E-state index in [1.54, 1.807) is 11.6 Å². The van der Waals surface area contributed by atoms with Crippen molar-refractivity contribution >= 4 is 39.7 Å². The van der Waals surface area contributed by atoms with Gasteiger partial charge in [-0.25, -0.2) is 9.37 Å². The van der Waals surface area contributed by atoms with Gasteiger partial charge < -0.3 is 0 Å². The van der Waals surface area contributed by atoms with Gasteiger partial charge >= 0.3 is 0 Å². The summed E-state index contributed by atoms with van der Waals surface area (Å²) in [5.41, 5.74) is 0.0768. The van der Waals surface area contributed by atoms with Gasteiger partial charge in [-0.1, -0.05) is 11.6 Å². The van der Waals surface area contributed by atoms with E-state index < -0.39 is 5.82 Å². The maximum Gasteiger partial charge on any atom is 0.241 e. The molecule has 0 atom stereocenters. The number of rotatable bonds is 4. The monoisotopic (exact) mass is 394 g/mol. The van der Waals surface area contributed by atoms with Gasteiger partial charge in [0.2, 0.25) is 5.91 Å². The Morgan fingerprint density at radius 1 is 1.38 bits per heavy atom. The SMILES string of the molecule is CC(C)(C)n1nnc(CC(=O)N(c2ccc(F)c(Cl)c2)c2nccs2)n1. The maximum atomic E-state index is 13.5. The molecule has 0 bridgehead atoms. The Hall–Kier alpha value is -2.39. The van der Waals surface area contributed by atoms with Crippen LogP contribution in [0.25, 0.3) is 0 Å². The van der Waals surface area contributed by atoms with E-state index >= 15 is 0 Å². The first-order chi connectivity index (χ1) is 12.3. The van der Waals surface area contributed by atoms with Gasteiger partial charge in [0.05, 0.1) is 22.7 Å². The number of hydrogen-bond acceptors (Lipinski definition) is 6. The highest BCUT2D eigenvalue weighted by Crippen LogP contribution is 2.30. The molecule has 136 valence electrons. The lowest BCUT2D eigenvalue weighted by molar-refractivity contribution is -0.117. The molecule has 2 heterocycles.